The molecule has 0 aliphatic heterocycles. The third kappa shape index (κ3) is 7.81. The summed E-state index contributed by atoms with van der Waals surface area (Å²) >= 11 is 13.3. The van der Waals surface area contributed by atoms with Gasteiger partial charge in [0.05, 0.1) is 18.1 Å². The van der Waals surface area contributed by atoms with Crippen LogP contribution in [0.25, 0.3) is 5.69 Å². The molecule has 5 N–H and O–H groups in total. The molecule has 4 aromatic heterocycles. The Bertz CT molecular complexity index is 903. The first-order valence-electron chi connectivity index (χ1n) is 7.39. The van der Waals surface area contributed by atoms with Gasteiger partial charge in [0, 0.05) is 22.0 Å². The maximum atomic E-state index is 5.64. The zero-order valence-electron chi connectivity index (χ0n) is 13.8. The fourth-order valence-corrected chi connectivity index (χ4v) is 2.15. The SMILES string of the molecule is Clc1ccc(I)cn1.Nc1ccn(-c2ccc(Cl)nc2)n1.Nc1ccn[nH]1. The number of aromatic nitrogens is 6. The molecule has 0 fully saturated rings. The minimum atomic E-state index is 0.462. The Morgan fingerprint density at radius 3 is 2.00 bits per heavy atom. The fraction of sp³-hybridized carbons (Fsp3) is 0. The van der Waals surface area contributed by atoms with Crippen LogP contribution in [0.15, 0.2) is 61.2 Å². The molecule has 0 aliphatic carbocycles. The average Bonchev–Trinajstić information content (AvgIpc) is 3.30. The van der Waals surface area contributed by atoms with Gasteiger partial charge in [0.1, 0.15) is 21.9 Å². The second kappa shape index (κ2) is 10.7. The lowest BCUT2D eigenvalue weighted by Crippen LogP contribution is -1.96. The van der Waals surface area contributed by atoms with E-state index in [1.165, 1.54) is 0 Å². The summed E-state index contributed by atoms with van der Waals surface area (Å²) < 4.78 is 2.74. The summed E-state index contributed by atoms with van der Waals surface area (Å²) in [4.78, 5) is 7.77. The highest BCUT2D eigenvalue weighted by Crippen LogP contribution is 2.10. The summed E-state index contributed by atoms with van der Waals surface area (Å²) in [7, 11) is 0. The Hall–Kier alpha value is -2.37. The first-order chi connectivity index (χ1) is 12.9. The minimum absolute atomic E-state index is 0.462. The highest BCUT2D eigenvalue weighted by Gasteiger charge is 1.98. The molecule has 0 aliphatic rings. The molecule has 4 heterocycles. The van der Waals surface area contributed by atoms with Crippen molar-refractivity contribution in [3.8, 4) is 5.69 Å². The first-order valence-corrected chi connectivity index (χ1v) is 9.22. The van der Waals surface area contributed by atoms with E-state index >= 15 is 0 Å². The van der Waals surface area contributed by atoms with Crippen molar-refractivity contribution >= 4 is 57.4 Å². The molecule has 0 unspecified atom stereocenters. The molecular formula is C16H15Cl2IN8. The van der Waals surface area contributed by atoms with Gasteiger partial charge in [-0.15, -0.1) is 0 Å². The highest BCUT2D eigenvalue weighted by molar-refractivity contribution is 14.1. The predicted octanol–water partition coefficient (Wildman–Crippen LogP) is 3.83. The summed E-state index contributed by atoms with van der Waals surface area (Å²) in [5.41, 5.74) is 11.5. The van der Waals surface area contributed by atoms with Gasteiger partial charge < -0.3 is 11.5 Å². The lowest BCUT2D eigenvalue weighted by molar-refractivity contribution is 0.879. The Morgan fingerprint density at radius 1 is 0.926 bits per heavy atom. The number of hydrogen-bond acceptors (Lipinski definition) is 6. The summed E-state index contributed by atoms with van der Waals surface area (Å²) in [5.74, 6) is 1.09. The largest absolute Gasteiger partial charge is 0.384 e. The van der Waals surface area contributed by atoms with E-state index in [1.807, 2.05) is 12.1 Å². The molecular weight excluding hydrogens is 502 g/mol. The molecule has 0 spiro atoms. The molecule has 4 aromatic rings. The second-order valence-electron chi connectivity index (χ2n) is 4.84. The van der Waals surface area contributed by atoms with Gasteiger partial charge in [-0.3, -0.25) is 5.10 Å². The number of nitrogens with one attached hydrogen (secondary N) is 1. The second-order valence-corrected chi connectivity index (χ2v) is 6.86. The standard InChI is InChI=1S/C8H7ClN4.C5H3ClIN.C3H5N3/c9-7-2-1-6(5-11-7)13-4-3-8(10)12-13;6-5-2-1-4(7)3-8-5;4-3-1-2-5-6-3/h1-5H,(H2,10,12);1-3H;1-2H,(H3,4,5,6). The molecule has 0 atom stereocenters. The van der Waals surface area contributed by atoms with Crippen molar-refractivity contribution in [3.63, 3.8) is 0 Å². The maximum Gasteiger partial charge on any atom is 0.145 e. The molecule has 0 aromatic carbocycles. The number of aromatic amines is 1. The van der Waals surface area contributed by atoms with E-state index < -0.39 is 0 Å². The van der Waals surface area contributed by atoms with E-state index in [-0.39, 0.29) is 0 Å². The molecule has 0 radical (unpaired) electrons. The molecule has 0 bridgehead atoms. The normalized spacial score (nSPS) is 9.59. The lowest BCUT2D eigenvalue weighted by atomic mass is 10.4. The number of nitrogen functional groups attached to an aromatic ring is 2. The number of pyridine rings is 2. The molecule has 11 heteroatoms. The Kier molecular flexibility index (Phi) is 8.30. The zero-order valence-corrected chi connectivity index (χ0v) is 17.5. The van der Waals surface area contributed by atoms with Gasteiger partial charge in [-0.25, -0.2) is 14.6 Å². The predicted molar refractivity (Wildman–Crippen MR) is 116 cm³/mol. The van der Waals surface area contributed by atoms with E-state index in [2.05, 4.69) is 47.9 Å². The van der Waals surface area contributed by atoms with Crippen LogP contribution >= 0.6 is 45.8 Å². The third-order valence-electron chi connectivity index (χ3n) is 2.80. The number of nitrogens with zero attached hydrogens (tertiary/aromatic N) is 5. The van der Waals surface area contributed by atoms with Gasteiger partial charge in [-0.2, -0.15) is 10.2 Å². The molecule has 0 amide bonds. The van der Waals surface area contributed by atoms with Crippen LogP contribution in [0.3, 0.4) is 0 Å². The van der Waals surface area contributed by atoms with Crippen molar-refractivity contribution in [2.75, 3.05) is 11.5 Å². The topological polar surface area (TPSA) is 124 Å². The number of rotatable bonds is 1. The monoisotopic (exact) mass is 516 g/mol. The molecule has 27 heavy (non-hydrogen) atoms. The van der Waals surface area contributed by atoms with Crippen molar-refractivity contribution in [1.29, 1.82) is 0 Å². The minimum Gasteiger partial charge on any atom is -0.384 e. The van der Waals surface area contributed by atoms with Crippen molar-refractivity contribution in [2.24, 2.45) is 0 Å². The number of halogens is 3. The summed E-state index contributed by atoms with van der Waals surface area (Å²) in [6.07, 6.45) is 6.73. The van der Waals surface area contributed by atoms with Gasteiger partial charge in [0.25, 0.3) is 0 Å². The van der Waals surface area contributed by atoms with E-state index in [1.54, 1.807) is 53.7 Å². The van der Waals surface area contributed by atoms with E-state index in [0.29, 0.717) is 21.9 Å². The number of H-pyrrole nitrogens is 1. The van der Waals surface area contributed by atoms with E-state index in [4.69, 9.17) is 34.7 Å². The molecule has 140 valence electrons. The van der Waals surface area contributed by atoms with Crippen LogP contribution in [0, 0.1) is 3.57 Å². The van der Waals surface area contributed by atoms with Crippen LogP contribution in [0.4, 0.5) is 11.6 Å². The smallest absolute Gasteiger partial charge is 0.145 e. The summed E-state index contributed by atoms with van der Waals surface area (Å²) in [6.45, 7) is 0. The van der Waals surface area contributed by atoms with Crippen LogP contribution in [0.2, 0.25) is 10.3 Å². The Labute approximate surface area is 179 Å². The summed E-state index contributed by atoms with van der Waals surface area (Å²) in [6, 6.07) is 10.6. The Morgan fingerprint density at radius 2 is 1.63 bits per heavy atom. The van der Waals surface area contributed by atoms with Crippen LogP contribution in [-0.2, 0) is 0 Å². The molecule has 0 saturated carbocycles. The van der Waals surface area contributed by atoms with Gasteiger partial charge in [-0.1, -0.05) is 23.2 Å². The Balaban J connectivity index is 0.000000159. The number of nitrogens with two attached hydrogens (primary N) is 2. The first kappa shape index (κ1) is 20.9. The lowest BCUT2D eigenvalue weighted by Gasteiger charge is -1.98. The van der Waals surface area contributed by atoms with Gasteiger partial charge >= 0.3 is 0 Å². The highest BCUT2D eigenvalue weighted by atomic mass is 127. The summed E-state index contributed by atoms with van der Waals surface area (Å²) in [5, 5.41) is 11.1. The fourth-order valence-electron chi connectivity index (χ4n) is 1.61. The average molecular weight is 517 g/mol. The van der Waals surface area contributed by atoms with Crippen molar-refractivity contribution in [2.45, 2.75) is 0 Å². The van der Waals surface area contributed by atoms with Gasteiger partial charge in [0.15, 0.2) is 0 Å². The van der Waals surface area contributed by atoms with Crippen molar-refractivity contribution in [1.82, 2.24) is 29.9 Å². The maximum absolute atomic E-state index is 5.64. The van der Waals surface area contributed by atoms with E-state index in [9.17, 15) is 0 Å². The number of anilines is 2. The quantitative estimate of drug-likeness (QED) is 0.261. The van der Waals surface area contributed by atoms with Crippen LogP contribution in [-0.4, -0.2) is 29.9 Å². The van der Waals surface area contributed by atoms with Crippen LogP contribution in [0.5, 0.6) is 0 Å². The van der Waals surface area contributed by atoms with Crippen molar-refractivity contribution < 1.29 is 0 Å². The third-order valence-corrected chi connectivity index (χ3v) is 3.88. The van der Waals surface area contributed by atoms with Crippen molar-refractivity contribution in [3.05, 3.63) is 75.1 Å². The van der Waals surface area contributed by atoms with Crippen LogP contribution in [0.1, 0.15) is 0 Å². The molecule has 4 rings (SSSR count). The van der Waals surface area contributed by atoms with E-state index in [0.717, 1.165) is 9.26 Å². The molecule has 0 saturated heterocycles. The molecule has 8 nitrogen and oxygen atoms in total. The van der Waals surface area contributed by atoms with Crippen LogP contribution < -0.4 is 11.5 Å². The van der Waals surface area contributed by atoms with Gasteiger partial charge in [-0.05, 0) is 52.9 Å². The number of hydrogen-bond donors (Lipinski definition) is 3. The van der Waals surface area contributed by atoms with Gasteiger partial charge in [0.2, 0.25) is 0 Å². The zero-order chi connectivity index (χ0) is 19.6.